The normalized spacial score (nSPS) is 12.5. The van der Waals surface area contributed by atoms with Crippen LogP contribution < -0.4 is 0 Å². The van der Waals surface area contributed by atoms with E-state index in [1.807, 2.05) is 35.8 Å². The summed E-state index contributed by atoms with van der Waals surface area (Å²) in [7, 11) is 0. The van der Waals surface area contributed by atoms with Crippen LogP contribution in [-0.2, 0) is 0 Å². The van der Waals surface area contributed by atoms with E-state index in [0.717, 1.165) is 17.1 Å². The summed E-state index contributed by atoms with van der Waals surface area (Å²) in [5.74, 6) is 1.64. The molecule has 1 N–H and O–H groups in total. The number of benzene rings is 1. The third-order valence-corrected chi connectivity index (χ3v) is 3.76. The van der Waals surface area contributed by atoms with Gasteiger partial charge in [-0.15, -0.1) is 0 Å². The van der Waals surface area contributed by atoms with Crippen LogP contribution in [0, 0.1) is 11.7 Å². The average molecular weight is 285 g/mol. The van der Waals surface area contributed by atoms with Gasteiger partial charge in [0, 0.05) is 0 Å². The zero-order valence-corrected chi connectivity index (χ0v) is 12.1. The first-order chi connectivity index (χ1) is 9.68. The standard InChI is InChI=1S/C15H15N3OS/c1-10(12-6-4-3-5-7-12)18-14(16-17-15(18)20)13-8-9-19-11(13)2/h3-10H,1-2H3,(H,17,20)/t10-/m0/s1. The number of H-pyrrole nitrogens is 1. The van der Waals surface area contributed by atoms with Gasteiger partial charge >= 0.3 is 0 Å². The second kappa shape index (κ2) is 5.09. The predicted molar refractivity (Wildman–Crippen MR) is 80.1 cm³/mol. The minimum absolute atomic E-state index is 0.103. The summed E-state index contributed by atoms with van der Waals surface area (Å²) in [6.07, 6.45) is 1.67. The molecule has 1 aromatic carbocycles. The Kier molecular flexibility index (Phi) is 3.28. The number of rotatable bonds is 3. The third kappa shape index (κ3) is 2.10. The lowest BCUT2D eigenvalue weighted by atomic mass is 10.1. The smallest absolute Gasteiger partial charge is 0.196 e. The highest BCUT2D eigenvalue weighted by Crippen LogP contribution is 2.27. The molecule has 0 saturated heterocycles. The van der Waals surface area contributed by atoms with Crippen molar-refractivity contribution in [3.8, 4) is 11.4 Å². The van der Waals surface area contributed by atoms with E-state index in [1.54, 1.807) is 6.26 Å². The van der Waals surface area contributed by atoms with E-state index in [1.165, 1.54) is 5.56 Å². The SMILES string of the molecule is Cc1occc1-c1n[nH]c(=S)n1[C@@H](C)c1ccccc1. The van der Waals surface area contributed by atoms with Crippen molar-refractivity contribution in [3.05, 3.63) is 58.8 Å². The molecule has 0 aliphatic carbocycles. The lowest BCUT2D eigenvalue weighted by Crippen LogP contribution is -2.08. The molecule has 0 aliphatic heterocycles. The van der Waals surface area contributed by atoms with E-state index < -0.39 is 0 Å². The predicted octanol–water partition coefficient (Wildman–Crippen LogP) is 4.12. The van der Waals surface area contributed by atoms with E-state index >= 15 is 0 Å². The Hall–Kier alpha value is -2.14. The first kappa shape index (κ1) is 12.9. The van der Waals surface area contributed by atoms with Crippen molar-refractivity contribution in [1.29, 1.82) is 0 Å². The summed E-state index contributed by atoms with van der Waals surface area (Å²) in [5.41, 5.74) is 2.15. The number of furan rings is 1. The number of nitrogens with one attached hydrogen (secondary N) is 1. The topological polar surface area (TPSA) is 46.8 Å². The van der Waals surface area contributed by atoms with Gasteiger partial charge in [-0.05, 0) is 37.7 Å². The quantitative estimate of drug-likeness (QED) is 0.736. The summed E-state index contributed by atoms with van der Waals surface area (Å²) in [4.78, 5) is 0. The molecule has 0 amide bonds. The Labute approximate surface area is 122 Å². The number of hydrogen-bond donors (Lipinski definition) is 1. The minimum atomic E-state index is 0.103. The largest absolute Gasteiger partial charge is 0.469 e. The number of hydrogen-bond acceptors (Lipinski definition) is 3. The van der Waals surface area contributed by atoms with E-state index in [9.17, 15) is 0 Å². The molecule has 0 spiro atoms. The van der Waals surface area contributed by atoms with Crippen LogP contribution in [-0.4, -0.2) is 14.8 Å². The van der Waals surface area contributed by atoms with Crippen molar-refractivity contribution in [2.24, 2.45) is 0 Å². The van der Waals surface area contributed by atoms with Gasteiger partial charge in [-0.1, -0.05) is 30.3 Å². The van der Waals surface area contributed by atoms with Crippen LogP contribution in [0.4, 0.5) is 0 Å². The molecule has 0 bridgehead atoms. The van der Waals surface area contributed by atoms with Gasteiger partial charge in [-0.3, -0.25) is 9.67 Å². The van der Waals surface area contributed by atoms with Gasteiger partial charge in [0.15, 0.2) is 10.6 Å². The van der Waals surface area contributed by atoms with Gasteiger partial charge in [0.25, 0.3) is 0 Å². The van der Waals surface area contributed by atoms with Crippen molar-refractivity contribution in [2.75, 3.05) is 0 Å². The Balaban J connectivity index is 2.13. The molecule has 3 aromatic rings. The fraction of sp³-hybridized carbons (Fsp3) is 0.200. The Morgan fingerprint density at radius 3 is 2.65 bits per heavy atom. The maximum atomic E-state index is 5.38. The molecule has 3 rings (SSSR count). The fourth-order valence-electron chi connectivity index (χ4n) is 2.35. The fourth-order valence-corrected chi connectivity index (χ4v) is 2.64. The average Bonchev–Trinajstić information content (AvgIpc) is 3.05. The zero-order valence-electron chi connectivity index (χ0n) is 11.3. The summed E-state index contributed by atoms with van der Waals surface area (Å²) >= 11 is 5.38. The molecular weight excluding hydrogens is 270 g/mol. The maximum Gasteiger partial charge on any atom is 0.196 e. The molecule has 2 aromatic heterocycles. The van der Waals surface area contributed by atoms with E-state index in [2.05, 4.69) is 29.3 Å². The highest BCUT2D eigenvalue weighted by atomic mass is 32.1. The minimum Gasteiger partial charge on any atom is -0.469 e. The highest BCUT2D eigenvalue weighted by Gasteiger charge is 2.18. The van der Waals surface area contributed by atoms with Gasteiger partial charge in [0.1, 0.15) is 5.76 Å². The van der Waals surface area contributed by atoms with Gasteiger partial charge in [-0.25, -0.2) is 0 Å². The van der Waals surface area contributed by atoms with Gasteiger partial charge in [0.05, 0.1) is 17.9 Å². The molecule has 0 saturated carbocycles. The summed E-state index contributed by atoms with van der Waals surface area (Å²) in [5, 5.41) is 7.23. The van der Waals surface area contributed by atoms with E-state index in [-0.39, 0.29) is 6.04 Å². The van der Waals surface area contributed by atoms with Crippen molar-refractivity contribution >= 4 is 12.2 Å². The molecule has 20 heavy (non-hydrogen) atoms. The molecule has 2 heterocycles. The molecule has 0 aliphatic rings. The Bertz CT molecular complexity index is 770. The van der Waals surface area contributed by atoms with Gasteiger partial charge in [-0.2, -0.15) is 5.10 Å². The van der Waals surface area contributed by atoms with Crippen LogP contribution in [0.3, 0.4) is 0 Å². The first-order valence-corrected chi connectivity index (χ1v) is 6.85. The molecule has 1 atom stereocenters. The van der Waals surface area contributed by atoms with Crippen LogP contribution >= 0.6 is 12.2 Å². The Morgan fingerprint density at radius 1 is 1.25 bits per heavy atom. The summed E-state index contributed by atoms with van der Waals surface area (Å²) in [6.45, 7) is 4.03. The highest BCUT2D eigenvalue weighted by molar-refractivity contribution is 7.71. The molecule has 5 heteroatoms. The van der Waals surface area contributed by atoms with E-state index in [0.29, 0.717) is 4.77 Å². The van der Waals surface area contributed by atoms with Crippen molar-refractivity contribution in [3.63, 3.8) is 0 Å². The van der Waals surface area contributed by atoms with Crippen molar-refractivity contribution in [2.45, 2.75) is 19.9 Å². The summed E-state index contributed by atoms with van der Waals surface area (Å²) < 4.78 is 7.99. The van der Waals surface area contributed by atoms with Gasteiger partial charge in [0.2, 0.25) is 0 Å². The first-order valence-electron chi connectivity index (χ1n) is 6.45. The second-order valence-corrected chi connectivity index (χ2v) is 5.09. The molecule has 0 radical (unpaired) electrons. The molecular formula is C15H15N3OS. The van der Waals surface area contributed by atoms with Gasteiger partial charge < -0.3 is 4.42 Å². The number of aryl methyl sites for hydroxylation is 1. The lowest BCUT2D eigenvalue weighted by Gasteiger charge is -2.15. The third-order valence-electron chi connectivity index (χ3n) is 3.47. The van der Waals surface area contributed by atoms with Crippen molar-refractivity contribution < 1.29 is 4.42 Å². The molecule has 4 nitrogen and oxygen atoms in total. The Morgan fingerprint density at radius 2 is 2.00 bits per heavy atom. The van der Waals surface area contributed by atoms with Crippen LogP contribution in [0.5, 0.6) is 0 Å². The summed E-state index contributed by atoms with van der Waals surface area (Å²) in [6, 6.07) is 12.3. The maximum absolute atomic E-state index is 5.38. The second-order valence-electron chi connectivity index (χ2n) is 4.70. The number of aromatic amines is 1. The van der Waals surface area contributed by atoms with Crippen LogP contribution in [0.1, 0.15) is 24.3 Å². The molecule has 0 unspecified atom stereocenters. The number of nitrogens with zero attached hydrogens (tertiary/aromatic N) is 2. The molecule has 0 fully saturated rings. The van der Waals surface area contributed by atoms with Crippen LogP contribution in [0.15, 0.2) is 47.1 Å². The van der Waals surface area contributed by atoms with Crippen LogP contribution in [0.2, 0.25) is 0 Å². The monoisotopic (exact) mass is 285 g/mol. The zero-order chi connectivity index (χ0) is 14.1. The number of aromatic nitrogens is 3. The molecule has 102 valence electrons. The van der Waals surface area contributed by atoms with Crippen molar-refractivity contribution in [1.82, 2.24) is 14.8 Å². The van der Waals surface area contributed by atoms with Crippen LogP contribution in [0.25, 0.3) is 11.4 Å². The lowest BCUT2D eigenvalue weighted by molar-refractivity contribution is 0.534. The van der Waals surface area contributed by atoms with E-state index in [4.69, 9.17) is 16.6 Å².